The first kappa shape index (κ1) is 13.2. The van der Waals surface area contributed by atoms with Gasteiger partial charge in [0.1, 0.15) is 0 Å². The predicted molar refractivity (Wildman–Crippen MR) is 44.0 cm³/mol. The molecule has 5 heteroatoms. The molecule has 0 aliphatic carbocycles. The van der Waals surface area contributed by atoms with E-state index in [2.05, 4.69) is 5.32 Å². The van der Waals surface area contributed by atoms with Crippen LogP contribution in [0.2, 0.25) is 0 Å². The van der Waals surface area contributed by atoms with Gasteiger partial charge in [0.15, 0.2) is 0 Å². The molecule has 0 fully saturated rings. The SMILES string of the molecule is O=C1NC(=O)c2ccccc21.[Ba+2].[Cl-]. The summed E-state index contributed by atoms with van der Waals surface area (Å²) in [7, 11) is 0. The fourth-order valence-electron chi connectivity index (χ4n) is 1.12. The second-order valence-corrected chi connectivity index (χ2v) is 2.33. The summed E-state index contributed by atoms with van der Waals surface area (Å²) < 4.78 is 0. The summed E-state index contributed by atoms with van der Waals surface area (Å²) in [5.74, 6) is -0.601. The Hall–Kier alpha value is 0.221. The van der Waals surface area contributed by atoms with E-state index < -0.39 is 0 Å². The summed E-state index contributed by atoms with van der Waals surface area (Å²) >= 11 is 0. The Morgan fingerprint density at radius 2 is 1.31 bits per heavy atom. The van der Waals surface area contributed by atoms with Crippen molar-refractivity contribution in [3.63, 3.8) is 0 Å². The smallest absolute Gasteiger partial charge is 1.00 e. The van der Waals surface area contributed by atoms with E-state index in [0.717, 1.165) is 0 Å². The van der Waals surface area contributed by atoms with Gasteiger partial charge in [0.05, 0.1) is 11.1 Å². The number of carbonyl (C=O) groups is 2. The van der Waals surface area contributed by atoms with Crippen molar-refractivity contribution in [2.24, 2.45) is 0 Å². The number of hydrogen-bond donors (Lipinski definition) is 1. The minimum atomic E-state index is -0.300. The van der Waals surface area contributed by atoms with Crippen molar-refractivity contribution in [3.8, 4) is 0 Å². The Morgan fingerprint density at radius 3 is 1.69 bits per heavy atom. The molecule has 0 saturated heterocycles. The van der Waals surface area contributed by atoms with E-state index in [1.54, 1.807) is 24.3 Å². The quantitative estimate of drug-likeness (QED) is 0.415. The zero-order chi connectivity index (χ0) is 7.84. The Balaban J connectivity index is 0.000000720. The molecule has 1 aliphatic heterocycles. The number of halogens is 1. The minimum absolute atomic E-state index is 0. The van der Waals surface area contributed by atoms with Crippen LogP contribution < -0.4 is 17.7 Å². The van der Waals surface area contributed by atoms with Crippen molar-refractivity contribution in [2.75, 3.05) is 0 Å². The monoisotopic (exact) mass is 320 g/mol. The van der Waals surface area contributed by atoms with Crippen molar-refractivity contribution in [2.45, 2.75) is 0 Å². The van der Waals surface area contributed by atoms with Crippen LogP contribution in [0, 0.1) is 0 Å². The van der Waals surface area contributed by atoms with Gasteiger partial charge in [-0.25, -0.2) is 0 Å². The Labute approximate surface area is 122 Å². The summed E-state index contributed by atoms with van der Waals surface area (Å²) in [6, 6.07) is 6.74. The maximum absolute atomic E-state index is 10.9. The second-order valence-electron chi connectivity index (χ2n) is 2.33. The summed E-state index contributed by atoms with van der Waals surface area (Å²) in [5.41, 5.74) is 0.940. The van der Waals surface area contributed by atoms with E-state index in [1.807, 2.05) is 0 Å². The van der Waals surface area contributed by atoms with Crippen molar-refractivity contribution in [1.82, 2.24) is 5.32 Å². The molecule has 1 aromatic carbocycles. The average molecular weight is 320 g/mol. The van der Waals surface area contributed by atoms with Gasteiger partial charge in [0, 0.05) is 0 Å². The second kappa shape index (κ2) is 5.19. The summed E-state index contributed by atoms with van der Waals surface area (Å²) in [6.45, 7) is 0. The maximum atomic E-state index is 10.9. The molecule has 0 saturated carbocycles. The molecule has 3 nitrogen and oxygen atoms in total. The van der Waals surface area contributed by atoms with Gasteiger partial charge in [0.25, 0.3) is 11.8 Å². The Bertz CT molecular complexity index is 321. The van der Waals surface area contributed by atoms with Gasteiger partial charge >= 0.3 is 48.9 Å². The largest absolute Gasteiger partial charge is 2.00 e. The third-order valence-corrected chi connectivity index (χ3v) is 1.64. The van der Waals surface area contributed by atoms with Crippen LogP contribution in [0.1, 0.15) is 20.7 Å². The van der Waals surface area contributed by atoms with Gasteiger partial charge in [-0.05, 0) is 12.1 Å². The zero-order valence-electron chi connectivity index (χ0n) is 6.71. The topological polar surface area (TPSA) is 46.2 Å². The number of rotatable bonds is 0. The van der Waals surface area contributed by atoms with E-state index >= 15 is 0 Å². The molecule has 1 aromatic rings. The number of nitrogens with one attached hydrogen (secondary N) is 1. The molecule has 62 valence electrons. The first-order chi connectivity index (χ1) is 5.29. The van der Waals surface area contributed by atoms with Gasteiger partial charge in [-0.2, -0.15) is 0 Å². The molecular formula is C8H5BaClNO2+. The fourth-order valence-corrected chi connectivity index (χ4v) is 1.12. The maximum Gasteiger partial charge on any atom is 2.00 e. The van der Waals surface area contributed by atoms with Crippen LogP contribution in [-0.2, 0) is 0 Å². The van der Waals surface area contributed by atoms with Gasteiger partial charge in [-0.3, -0.25) is 14.9 Å². The molecule has 0 radical (unpaired) electrons. The molecule has 13 heavy (non-hydrogen) atoms. The predicted octanol–water partition coefficient (Wildman–Crippen LogP) is -2.81. The molecule has 0 unspecified atom stereocenters. The summed E-state index contributed by atoms with van der Waals surface area (Å²) in [5, 5.41) is 2.20. The van der Waals surface area contributed by atoms with Crippen LogP contribution in [0.3, 0.4) is 0 Å². The normalized spacial score (nSPS) is 12.3. The van der Waals surface area contributed by atoms with Gasteiger partial charge in [0.2, 0.25) is 0 Å². The van der Waals surface area contributed by atoms with Gasteiger partial charge in [-0.15, -0.1) is 0 Å². The molecule has 1 heterocycles. The average Bonchev–Trinajstić information content (AvgIpc) is 2.30. The van der Waals surface area contributed by atoms with E-state index in [0.29, 0.717) is 11.1 Å². The van der Waals surface area contributed by atoms with Crippen LogP contribution in [0.15, 0.2) is 24.3 Å². The van der Waals surface area contributed by atoms with Crippen molar-refractivity contribution in [3.05, 3.63) is 35.4 Å². The van der Waals surface area contributed by atoms with E-state index in [1.165, 1.54) is 0 Å². The van der Waals surface area contributed by atoms with Crippen LogP contribution >= 0.6 is 0 Å². The number of imide groups is 1. The zero-order valence-corrected chi connectivity index (χ0v) is 11.9. The molecule has 0 atom stereocenters. The van der Waals surface area contributed by atoms with Crippen LogP contribution in [-0.4, -0.2) is 60.7 Å². The van der Waals surface area contributed by atoms with Gasteiger partial charge in [-0.1, -0.05) is 12.1 Å². The molecule has 0 spiro atoms. The molecule has 2 rings (SSSR count). The number of hydrogen-bond acceptors (Lipinski definition) is 2. The van der Waals surface area contributed by atoms with Crippen molar-refractivity contribution in [1.29, 1.82) is 0 Å². The van der Waals surface area contributed by atoms with Crippen LogP contribution in [0.5, 0.6) is 0 Å². The number of fused-ring (bicyclic) bond motifs is 1. The standard InChI is InChI=1S/C8H5NO2.Ba.ClH/c10-7-5-3-1-2-4-6(5)8(11)9-7;;/h1-4H,(H,9,10,11);;1H/q;+2;/p-1. The molecule has 1 N–H and O–H groups in total. The van der Waals surface area contributed by atoms with E-state index in [9.17, 15) is 9.59 Å². The first-order valence-corrected chi connectivity index (χ1v) is 3.24. The number of carbonyl (C=O) groups excluding carboxylic acids is 2. The third-order valence-electron chi connectivity index (χ3n) is 1.64. The Morgan fingerprint density at radius 1 is 0.923 bits per heavy atom. The van der Waals surface area contributed by atoms with Gasteiger partial charge < -0.3 is 12.4 Å². The van der Waals surface area contributed by atoms with Crippen molar-refractivity contribution >= 4 is 60.7 Å². The molecule has 0 aromatic heterocycles. The molecule has 0 bridgehead atoms. The molecule has 2 amide bonds. The first-order valence-electron chi connectivity index (χ1n) is 3.24. The minimum Gasteiger partial charge on any atom is -1.00 e. The fraction of sp³-hybridized carbons (Fsp3) is 0. The van der Waals surface area contributed by atoms with Crippen molar-refractivity contribution < 1.29 is 22.0 Å². The van der Waals surface area contributed by atoms with Crippen LogP contribution in [0.25, 0.3) is 0 Å². The molecule has 1 aliphatic rings. The number of benzene rings is 1. The van der Waals surface area contributed by atoms with Crippen LogP contribution in [0.4, 0.5) is 0 Å². The number of amides is 2. The third kappa shape index (κ3) is 2.37. The molecular weight excluding hydrogens is 315 g/mol. The summed E-state index contributed by atoms with van der Waals surface area (Å²) in [6.07, 6.45) is 0. The summed E-state index contributed by atoms with van der Waals surface area (Å²) in [4.78, 5) is 21.9. The van der Waals surface area contributed by atoms with E-state index in [-0.39, 0.29) is 73.1 Å². The Kier molecular flexibility index (Phi) is 5.28. The van der Waals surface area contributed by atoms with E-state index in [4.69, 9.17) is 0 Å².